The van der Waals surface area contributed by atoms with Crippen LogP contribution in [0.4, 0.5) is 0 Å². The van der Waals surface area contributed by atoms with Gasteiger partial charge in [-0.3, -0.25) is 4.79 Å². The highest BCUT2D eigenvalue weighted by atomic mass is 16.4. The fourth-order valence-corrected chi connectivity index (χ4v) is 1.21. The lowest BCUT2D eigenvalue weighted by Gasteiger charge is -2.27. The average Bonchev–Trinajstić information content (AvgIpc) is 2.08. The predicted molar refractivity (Wildman–Crippen MR) is 48.7 cm³/mol. The van der Waals surface area contributed by atoms with Gasteiger partial charge in [0.25, 0.3) is 0 Å². The lowest BCUT2D eigenvalue weighted by molar-refractivity contribution is -0.136. The number of carboxylic acids is 1. The molecule has 1 aliphatic rings. The Bertz CT molecular complexity index is 215. The van der Waals surface area contributed by atoms with Crippen LogP contribution in [0.1, 0.15) is 12.8 Å². The number of nitrogens with two attached hydrogens (primary N) is 1. The number of carboxylic acid groups (broad SMARTS) is 1. The standard InChI is InChI=1S/C8H15N3O2/c9-11-5-4-10-6-7(11)2-1-3-8(12)13/h2,10H,1,3-6,9H2,(H,12,13). The number of hydrazine groups is 1. The number of rotatable bonds is 3. The van der Waals surface area contributed by atoms with E-state index in [4.69, 9.17) is 10.9 Å². The minimum atomic E-state index is -0.774. The second-order valence-corrected chi connectivity index (χ2v) is 3.00. The van der Waals surface area contributed by atoms with E-state index in [-0.39, 0.29) is 6.42 Å². The Balaban J connectivity index is 2.35. The summed E-state index contributed by atoms with van der Waals surface area (Å²) in [7, 11) is 0. The Kier molecular flexibility index (Phi) is 3.72. The number of hydrogen-bond acceptors (Lipinski definition) is 4. The maximum atomic E-state index is 10.2. The first kappa shape index (κ1) is 10.0. The van der Waals surface area contributed by atoms with E-state index in [0.717, 1.165) is 25.3 Å². The summed E-state index contributed by atoms with van der Waals surface area (Å²) in [5, 5.41) is 13.3. The normalized spacial score (nSPS) is 20.7. The van der Waals surface area contributed by atoms with Gasteiger partial charge in [0, 0.05) is 31.8 Å². The SMILES string of the molecule is NN1CCNCC1=CCCC(=O)O. The van der Waals surface area contributed by atoms with E-state index in [1.807, 2.05) is 6.08 Å². The molecule has 1 saturated heterocycles. The Morgan fingerprint density at radius 2 is 2.54 bits per heavy atom. The fourth-order valence-electron chi connectivity index (χ4n) is 1.21. The van der Waals surface area contributed by atoms with E-state index in [2.05, 4.69) is 5.32 Å². The van der Waals surface area contributed by atoms with Crippen molar-refractivity contribution in [2.75, 3.05) is 19.6 Å². The number of allylic oxidation sites excluding steroid dienone is 1. The van der Waals surface area contributed by atoms with Gasteiger partial charge in [-0.05, 0) is 6.42 Å². The summed E-state index contributed by atoms with van der Waals surface area (Å²) in [5.74, 6) is 4.90. The quantitative estimate of drug-likeness (QED) is 0.517. The second kappa shape index (κ2) is 4.84. The summed E-state index contributed by atoms with van der Waals surface area (Å²) in [5.41, 5.74) is 0.979. The zero-order valence-electron chi connectivity index (χ0n) is 7.49. The highest BCUT2D eigenvalue weighted by Gasteiger charge is 2.09. The van der Waals surface area contributed by atoms with Crippen molar-refractivity contribution >= 4 is 5.97 Å². The largest absolute Gasteiger partial charge is 0.481 e. The first-order chi connectivity index (χ1) is 6.20. The molecule has 5 nitrogen and oxygen atoms in total. The number of aliphatic carboxylic acids is 1. The van der Waals surface area contributed by atoms with Gasteiger partial charge in [-0.25, -0.2) is 5.84 Å². The van der Waals surface area contributed by atoms with Crippen LogP contribution in [-0.4, -0.2) is 35.7 Å². The van der Waals surface area contributed by atoms with Crippen LogP contribution in [0.2, 0.25) is 0 Å². The molecule has 74 valence electrons. The van der Waals surface area contributed by atoms with Crippen LogP contribution < -0.4 is 11.2 Å². The number of nitrogens with zero attached hydrogens (tertiary/aromatic N) is 1. The van der Waals surface area contributed by atoms with Crippen LogP contribution in [0.5, 0.6) is 0 Å². The van der Waals surface area contributed by atoms with Gasteiger partial charge in [0.05, 0.1) is 0 Å². The predicted octanol–water partition coefficient (Wildman–Crippen LogP) is -0.486. The molecular weight excluding hydrogens is 170 g/mol. The molecule has 1 heterocycles. The van der Waals surface area contributed by atoms with E-state index in [0.29, 0.717) is 6.42 Å². The van der Waals surface area contributed by atoms with Crippen LogP contribution in [-0.2, 0) is 4.79 Å². The van der Waals surface area contributed by atoms with Gasteiger partial charge in [-0.15, -0.1) is 0 Å². The van der Waals surface area contributed by atoms with Crippen molar-refractivity contribution in [3.8, 4) is 0 Å². The Hall–Kier alpha value is -1.07. The molecule has 0 saturated carbocycles. The molecule has 0 aliphatic carbocycles. The molecule has 1 rings (SSSR count). The van der Waals surface area contributed by atoms with Crippen molar-refractivity contribution in [3.63, 3.8) is 0 Å². The first-order valence-corrected chi connectivity index (χ1v) is 4.34. The highest BCUT2D eigenvalue weighted by molar-refractivity contribution is 5.66. The topological polar surface area (TPSA) is 78.6 Å². The molecule has 13 heavy (non-hydrogen) atoms. The molecule has 0 atom stereocenters. The summed E-state index contributed by atoms with van der Waals surface area (Å²) in [6, 6.07) is 0. The van der Waals surface area contributed by atoms with Crippen molar-refractivity contribution in [1.29, 1.82) is 0 Å². The second-order valence-electron chi connectivity index (χ2n) is 3.00. The third kappa shape index (κ3) is 3.43. The Labute approximate surface area is 77.2 Å². The van der Waals surface area contributed by atoms with Gasteiger partial charge in [-0.2, -0.15) is 0 Å². The van der Waals surface area contributed by atoms with E-state index >= 15 is 0 Å². The molecule has 0 amide bonds. The summed E-state index contributed by atoms with van der Waals surface area (Å²) in [6.07, 6.45) is 2.58. The van der Waals surface area contributed by atoms with Gasteiger partial charge in [0.1, 0.15) is 0 Å². The molecule has 0 radical (unpaired) electrons. The molecular formula is C8H15N3O2. The zero-order chi connectivity index (χ0) is 9.68. The maximum Gasteiger partial charge on any atom is 0.303 e. The Morgan fingerprint density at radius 1 is 1.77 bits per heavy atom. The van der Waals surface area contributed by atoms with Crippen LogP contribution in [0.15, 0.2) is 11.8 Å². The minimum absolute atomic E-state index is 0.164. The van der Waals surface area contributed by atoms with Crippen molar-refractivity contribution in [3.05, 3.63) is 11.8 Å². The summed E-state index contributed by atoms with van der Waals surface area (Å²) in [6.45, 7) is 2.39. The summed E-state index contributed by atoms with van der Waals surface area (Å²) >= 11 is 0. The molecule has 4 N–H and O–H groups in total. The summed E-state index contributed by atoms with van der Waals surface area (Å²) in [4.78, 5) is 10.2. The van der Waals surface area contributed by atoms with Crippen LogP contribution in [0.25, 0.3) is 0 Å². The van der Waals surface area contributed by atoms with E-state index in [1.54, 1.807) is 5.01 Å². The molecule has 0 aromatic carbocycles. The van der Waals surface area contributed by atoms with Gasteiger partial charge >= 0.3 is 5.97 Å². The van der Waals surface area contributed by atoms with Crippen molar-refractivity contribution in [2.24, 2.45) is 5.84 Å². The average molecular weight is 185 g/mol. The van der Waals surface area contributed by atoms with Crippen LogP contribution in [0, 0.1) is 0 Å². The highest BCUT2D eigenvalue weighted by Crippen LogP contribution is 2.04. The Morgan fingerprint density at radius 3 is 3.15 bits per heavy atom. The van der Waals surface area contributed by atoms with E-state index in [1.165, 1.54) is 0 Å². The smallest absolute Gasteiger partial charge is 0.303 e. The van der Waals surface area contributed by atoms with Crippen molar-refractivity contribution in [1.82, 2.24) is 10.3 Å². The maximum absolute atomic E-state index is 10.2. The lowest BCUT2D eigenvalue weighted by atomic mass is 10.2. The summed E-state index contributed by atoms with van der Waals surface area (Å²) < 4.78 is 0. The van der Waals surface area contributed by atoms with Crippen LogP contribution in [0.3, 0.4) is 0 Å². The first-order valence-electron chi connectivity index (χ1n) is 4.34. The van der Waals surface area contributed by atoms with Crippen molar-refractivity contribution in [2.45, 2.75) is 12.8 Å². The minimum Gasteiger partial charge on any atom is -0.481 e. The molecule has 0 aromatic heterocycles. The molecule has 0 unspecified atom stereocenters. The van der Waals surface area contributed by atoms with Crippen LogP contribution >= 0.6 is 0 Å². The number of nitrogens with one attached hydrogen (secondary N) is 1. The van der Waals surface area contributed by atoms with Gasteiger partial charge in [-0.1, -0.05) is 6.08 Å². The number of piperazine rings is 1. The number of carbonyl (C=O) groups is 1. The number of hydrogen-bond donors (Lipinski definition) is 3. The van der Waals surface area contributed by atoms with E-state index in [9.17, 15) is 4.79 Å². The third-order valence-electron chi connectivity index (χ3n) is 1.94. The fraction of sp³-hybridized carbons (Fsp3) is 0.625. The zero-order valence-corrected chi connectivity index (χ0v) is 7.49. The van der Waals surface area contributed by atoms with Crippen molar-refractivity contribution < 1.29 is 9.90 Å². The molecule has 0 aromatic rings. The molecule has 0 spiro atoms. The molecule has 5 heteroatoms. The molecule has 0 bridgehead atoms. The lowest BCUT2D eigenvalue weighted by Crippen LogP contribution is -2.45. The van der Waals surface area contributed by atoms with E-state index < -0.39 is 5.97 Å². The third-order valence-corrected chi connectivity index (χ3v) is 1.94. The van der Waals surface area contributed by atoms with Gasteiger partial charge in [0.15, 0.2) is 0 Å². The van der Waals surface area contributed by atoms with Gasteiger partial charge < -0.3 is 15.4 Å². The monoisotopic (exact) mass is 185 g/mol. The molecule has 1 aliphatic heterocycles. The van der Waals surface area contributed by atoms with Gasteiger partial charge in [0.2, 0.25) is 0 Å². The molecule has 1 fully saturated rings.